The van der Waals surface area contributed by atoms with Gasteiger partial charge >= 0.3 is 0 Å². The van der Waals surface area contributed by atoms with Gasteiger partial charge in [0.2, 0.25) is 5.91 Å². The highest BCUT2D eigenvalue weighted by atomic mass is 16.2. The molecule has 2 aliphatic carbocycles. The van der Waals surface area contributed by atoms with Crippen molar-refractivity contribution in [2.75, 3.05) is 26.2 Å². The minimum absolute atomic E-state index is 0.187. The van der Waals surface area contributed by atoms with Crippen LogP contribution in [0.1, 0.15) is 57.2 Å². The smallest absolute Gasteiger partial charge is 0.229 e. The van der Waals surface area contributed by atoms with Gasteiger partial charge in [0.1, 0.15) is 5.78 Å². The van der Waals surface area contributed by atoms with Crippen molar-refractivity contribution in [3.8, 4) is 0 Å². The number of benzene rings is 2. The first-order valence-corrected chi connectivity index (χ1v) is 12.0. The summed E-state index contributed by atoms with van der Waals surface area (Å²) in [5.74, 6) is 0.502. The van der Waals surface area contributed by atoms with E-state index in [9.17, 15) is 9.59 Å². The quantitative estimate of drug-likeness (QED) is 0.706. The van der Waals surface area contributed by atoms with Gasteiger partial charge in [-0.05, 0) is 29.4 Å². The molecule has 4 nitrogen and oxygen atoms in total. The summed E-state index contributed by atoms with van der Waals surface area (Å²) < 4.78 is 0. The third kappa shape index (κ3) is 2.92. The first-order chi connectivity index (χ1) is 15.3. The van der Waals surface area contributed by atoms with Crippen molar-refractivity contribution in [1.82, 2.24) is 9.80 Å². The van der Waals surface area contributed by atoms with Crippen LogP contribution < -0.4 is 0 Å². The molecule has 0 unspecified atom stereocenters. The molecule has 1 saturated heterocycles. The molecule has 4 heteroatoms. The van der Waals surface area contributed by atoms with Gasteiger partial charge in [0.15, 0.2) is 0 Å². The van der Waals surface area contributed by atoms with Gasteiger partial charge in [0, 0.05) is 38.0 Å². The summed E-state index contributed by atoms with van der Waals surface area (Å²) in [6.45, 7) is 9.50. The average molecular weight is 431 g/mol. The fourth-order valence-electron chi connectivity index (χ4n) is 6.70. The molecular formula is C28H34N2O2. The van der Waals surface area contributed by atoms with E-state index in [2.05, 4.69) is 91.2 Å². The average Bonchev–Trinajstić information content (AvgIpc) is 3.11. The maximum absolute atomic E-state index is 13.9. The van der Waals surface area contributed by atoms with Gasteiger partial charge in [-0.3, -0.25) is 14.5 Å². The SMILES string of the molecule is CC1(C)[C@]2(C(=O)N3CCN(C(c4ccccc4)c4ccccc4)CC3)CC[C@@]1(C)C(=O)C2. The van der Waals surface area contributed by atoms with Gasteiger partial charge in [-0.1, -0.05) is 81.4 Å². The molecule has 1 amide bonds. The summed E-state index contributed by atoms with van der Waals surface area (Å²) in [6, 6.07) is 21.5. The van der Waals surface area contributed by atoms with E-state index in [0.717, 1.165) is 39.0 Å². The molecule has 1 heterocycles. The van der Waals surface area contributed by atoms with E-state index in [-0.39, 0.29) is 28.6 Å². The highest BCUT2D eigenvalue weighted by Crippen LogP contribution is 2.71. The van der Waals surface area contributed by atoms with Crippen LogP contribution in [0.3, 0.4) is 0 Å². The molecule has 1 aliphatic heterocycles. The maximum atomic E-state index is 13.9. The minimum atomic E-state index is -0.515. The Hall–Kier alpha value is -2.46. The second kappa shape index (κ2) is 7.55. The molecule has 2 atom stereocenters. The fourth-order valence-corrected chi connectivity index (χ4v) is 6.70. The molecule has 5 rings (SSSR count). The Balaban J connectivity index is 1.36. The first-order valence-electron chi connectivity index (χ1n) is 12.0. The number of fused-ring (bicyclic) bond motifs is 2. The summed E-state index contributed by atoms with van der Waals surface area (Å²) >= 11 is 0. The van der Waals surface area contributed by atoms with Gasteiger partial charge in [0.25, 0.3) is 0 Å². The van der Waals surface area contributed by atoms with Crippen LogP contribution in [0.4, 0.5) is 0 Å². The summed E-state index contributed by atoms with van der Waals surface area (Å²) in [4.78, 5) is 31.2. The van der Waals surface area contributed by atoms with Crippen LogP contribution in [0.25, 0.3) is 0 Å². The van der Waals surface area contributed by atoms with Crippen LogP contribution >= 0.6 is 0 Å². The summed E-state index contributed by atoms with van der Waals surface area (Å²) in [7, 11) is 0. The topological polar surface area (TPSA) is 40.6 Å². The number of carbonyl (C=O) groups excluding carboxylic acids is 2. The highest BCUT2D eigenvalue weighted by molar-refractivity contribution is 5.99. The molecule has 3 aliphatic rings. The highest BCUT2D eigenvalue weighted by Gasteiger charge is 2.73. The zero-order valence-corrected chi connectivity index (χ0v) is 19.5. The van der Waals surface area contributed by atoms with Gasteiger partial charge < -0.3 is 4.90 Å². The number of ketones is 1. The van der Waals surface area contributed by atoms with Gasteiger partial charge in [-0.25, -0.2) is 0 Å². The Bertz CT molecular complexity index is 971. The van der Waals surface area contributed by atoms with Crippen molar-refractivity contribution in [2.24, 2.45) is 16.2 Å². The van der Waals surface area contributed by atoms with Crippen molar-refractivity contribution >= 4 is 11.7 Å². The van der Waals surface area contributed by atoms with Crippen molar-refractivity contribution in [2.45, 2.75) is 46.1 Å². The number of piperazine rings is 1. The lowest BCUT2D eigenvalue weighted by Gasteiger charge is -2.45. The summed E-state index contributed by atoms with van der Waals surface area (Å²) in [5.41, 5.74) is 1.43. The molecule has 32 heavy (non-hydrogen) atoms. The number of nitrogens with zero attached hydrogens (tertiary/aromatic N) is 2. The standard InChI is InChI=1S/C28H34N2O2/c1-26(2)27(3)14-15-28(26,20-23(27)31)25(32)30-18-16-29(17-19-30)24(21-10-6-4-7-11-21)22-12-8-5-9-13-22/h4-13,24H,14-20H2,1-3H3/t27-,28+/m0/s1. The Morgan fingerprint density at radius 2 is 1.34 bits per heavy atom. The second-order valence-electron chi connectivity index (χ2n) is 10.7. The molecule has 0 radical (unpaired) electrons. The number of rotatable bonds is 4. The van der Waals surface area contributed by atoms with Gasteiger partial charge in [-0.15, -0.1) is 0 Å². The lowest BCUT2D eigenvalue weighted by Crippen LogP contribution is -2.55. The Morgan fingerprint density at radius 1 is 0.812 bits per heavy atom. The molecule has 0 spiro atoms. The molecule has 0 aromatic heterocycles. The van der Waals surface area contributed by atoms with Gasteiger partial charge in [0.05, 0.1) is 11.5 Å². The van der Waals surface area contributed by atoms with E-state index in [4.69, 9.17) is 0 Å². The number of Topliss-reactive ketones (excluding diaryl/α,β-unsaturated/α-hetero) is 1. The van der Waals surface area contributed by atoms with Crippen molar-refractivity contribution in [3.63, 3.8) is 0 Å². The number of hydrogen-bond donors (Lipinski definition) is 0. The van der Waals surface area contributed by atoms with Crippen molar-refractivity contribution in [1.29, 1.82) is 0 Å². The molecule has 2 bridgehead atoms. The van der Waals surface area contributed by atoms with Crippen LogP contribution in [-0.4, -0.2) is 47.7 Å². The summed E-state index contributed by atoms with van der Waals surface area (Å²) in [5, 5.41) is 0. The van der Waals surface area contributed by atoms with Crippen molar-refractivity contribution < 1.29 is 9.59 Å². The zero-order chi connectivity index (χ0) is 22.6. The molecule has 0 N–H and O–H groups in total. The maximum Gasteiger partial charge on any atom is 0.229 e. The van der Waals surface area contributed by atoms with Crippen LogP contribution in [0, 0.1) is 16.2 Å². The van der Waals surface area contributed by atoms with E-state index in [1.54, 1.807) is 0 Å². The van der Waals surface area contributed by atoms with E-state index in [1.807, 2.05) is 0 Å². The normalized spacial score (nSPS) is 29.6. The third-order valence-electron chi connectivity index (χ3n) is 9.31. The van der Waals surface area contributed by atoms with Crippen LogP contribution in [-0.2, 0) is 9.59 Å². The van der Waals surface area contributed by atoms with Gasteiger partial charge in [-0.2, -0.15) is 0 Å². The largest absolute Gasteiger partial charge is 0.340 e. The zero-order valence-electron chi connectivity index (χ0n) is 19.5. The van der Waals surface area contributed by atoms with E-state index in [1.165, 1.54) is 11.1 Å². The molecule has 2 aromatic rings. The van der Waals surface area contributed by atoms with Crippen LogP contribution in [0.5, 0.6) is 0 Å². The monoisotopic (exact) mass is 430 g/mol. The first kappa shape index (κ1) is 21.4. The Kier molecular flexibility index (Phi) is 5.05. The minimum Gasteiger partial charge on any atom is -0.340 e. The predicted molar refractivity (Wildman–Crippen MR) is 126 cm³/mol. The fraction of sp³-hybridized carbons (Fsp3) is 0.500. The molecular weight excluding hydrogens is 396 g/mol. The Morgan fingerprint density at radius 3 is 1.78 bits per heavy atom. The predicted octanol–water partition coefficient (Wildman–Crippen LogP) is 4.71. The lowest BCUT2D eigenvalue weighted by atomic mass is 9.64. The van der Waals surface area contributed by atoms with Crippen molar-refractivity contribution in [3.05, 3.63) is 71.8 Å². The lowest BCUT2D eigenvalue weighted by molar-refractivity contribution is -0.149. The number of hydrogen-bond acceptors (Lipinski definition) is 3. The Labute approximate surface area is 191 Å². The molecule has 168 valence electrons. The van der Waals surface area contributed by atoms with E-state index < -0.39 is 5.41 Å². The molecule has 3 fully saturated rings. The summed E-state index contributed by atoms with van der Waals surface area (Å²) in [6.07, 6.45) is 2.11. The van der Waals surface area contributed by atoms with Crippen LogP contribution in [0.2, 0.25) is 0 Å². The molecule has 2 aromatic carbocycles. The molecule has 2 saturated carbocycles. The number of amides is 1. The number of carbonyl (C=O) groups is 2. The van der Waals surface area contributed by atoms with E-state index in [0.29, 0.717) is 6.42 Å². The second-order valence-corrected chi connectivity index (χ2v) is 10.7. The van der Waals surface area contributed by atoms with Crippen LogP contribution in [0.15, 0.2) is 60.7 Å². The van der Waals surface area contributed by atoms with E-state index >= 15 is 0 Å². The third-order valence-corrected chi connectivity index (χ3v) is 9.31.